The number of aliphatic imine (C=N–C) groups is 1. The molecule has 7 heteroatoms. The third-order valence-electron chi connectivity index (χ3n) is 3.91. The lowest BCUT2D eigenvalue weighted by Gasteiger charge is -2.07. The Bertz CT molecular complexity index is 924. The Morgan fingerprint density at radius 1 is 1.14 bits per heavy atom. The molecular weight excluding hydrogens is 394 g/mol. The van der Waals surface area contributed by atoms with Gasteiger partial charge in [-0.15, -0.1) is 0 Å². The Morgan fingerprint density at radius 2 is 1.79 bits per heavy atom. The molecular formula is C21H20ClN3O2S. The summed E-state index contributed by atoms with van der Waals surface area (Å²) in [7, 11) is 0. The quantitative estimate of drug-likeness (QED) is 0.275. The molecule has 0 spiro atoms. The van der Waals surface area contributed by atoms with Crippen LogP contribution < -0.4 is 10.5 Å². The van der Waals surface area contributed by atoms with Gasteiger partial charge in [0.2, 0.25) is 0 Å². The Labute approximate surface area is 173 Å². The van der Waals surface area contributed by atoms with Crippen molar-refractivity contribution in [1.29, 1.82) is 0 Å². The fourth-order valence-electron chi connectivity index (χ4n) is 2.43. The summed E-state index contributed by atoms with van der Waals surface area (Å²) in [5.41, 5.74) is 2.16. The van der Waals surface area contributed by atoms with Gasteiger partial charge in [0.25, 0.3) is 5.91 Å². The van der Waals surface area contributed by atoms with Crippen LogP contribution in [0.4, 0.5) is 0 Å². The van der Waals surface area contributed by atoms with Crippen LogP contribution in [0, 0.1) is 0 Å². The van der Waals surface area contributed by atoms with E-state index < -0.39 is 0 Å². The van der Waals surface area contributed by atoms with Crippen molar-refractivity contribution in [3.05, 3.63) is 88.6 Å². The van der Waals surface area contributed by atoms with Gasteiger partial charge in [-0.1, -0.05) is 36.4 Å². The van der Waals surface area contributed by atoms with Crippen LogP contribution in [0.3, 0.4) is 0 Å². The summed E-state index contributed by atoms with van der Waals surface area (Å²) in [6.45, 7) is 7.50. The van der Waals surface area contributed by atoms with Gasteiger partial charge in [-0.25, -0.2) is 0 Å². The first kappa shape index (κ1) is 21.6. The number of benzene rings is 2. The van der Waals surface area contributed by atoms with E-state index >= 15 is 0 Å². The van der Waals surface area contributed by atoms with Crippen molar-refractivity contribution < 1.29 is 9.59 Å². The summed E-state index contributed by atoms with van der Waals surface area (Å²) in [6.07, 6.45) is 3.91. The van der Waals surface area contributed by atoms with E-state index in [1.807, 2.05) is 0 Å². The van der Waals surface area contributed by atoms with Gasteiger partial charge < -0.3 is 5.32 Å². The average Bonchev–Trinajstić information content (AvgIpc) is 2.73. The van der Waals surface area contributed by atoms with Crippen molar-refractivity contribution in [3.8, 4) is 0 Å². The molecule has 0 fully saturated rings. The molecule has 0 aliphatic rings. The maximum Gasteiger partial charge on any atom is 0.251 e. The molecule has 144 valence electrons. The van der Waals surface area contributed by atoms with E-state index in [0.717, 1.165) is 17.6 Å². The molecule has 0 aliphatic heterocycles. The molecule has 2 aromatic rings. The van der Waals surface area contributed by atoms with Crippen LogP contribution in [0.2, 0.25) is 5.02 Å². The number of amides is 1. The third kappa shape index (κ3) is 5.66. The summed E-state index contributed by atoms with van der Waals surface area (Å²) in [5.74, 6) is -0.399. The van der Waals surface area contributed by atoms with E-state index in [1.165, 1.54) is 0 Å². The molecule has 0 saturated carbocycles. The van der Waals surface area contributed by atoms with Crippen molar-refractivity contribution in [2.45, 2.75) is 11.3 Å². The first-order valence-corrected chi connectivity index (χ1v) is 9.63. The molecule has 28 heavy (non-hydrogen) atoms. The highest BCUT2D eigenvalue weighted by Gasteiger charge is 2.13. The molecule has 0 aromatic heterocycles. The number of carbonyl (C=O) groups is 2. The number of carbonyl (C=O) groups excluding carboxylic acids is 2. The highest BCUT2D eigenvalue weighted by Crippen LogP contribution is 2.25. The summed E-state index contributed by atoms with van der Waals surface area (Å²) in [4.78, 5) is 29.3. The standard InChI is InChI=1S/C21H20ClN3O2S/c1-3-4-17(24-2)11-12-25-21(27)15-7-5-14(6-8-15)20(26)16-9-10-18(22)19(13-16)28-23/h3-10,13H,1-2,11-12,23H2,(H,25,27)/b17-4-. The predicted octanol–water partition coefficient (Wildman–Crippen LogP) is 4.43. The highest BCUT2D eigenvalue weighted by atomic mass is 35.5. The number of hydrogen-bond acceptors (Lipinski definition) is 5. The molecule has 0 atom stereocenters. The molecule has 0 saturated heterocycles. The number of nitrogens with zero attached hydrogens (tertiary/aromatic N) is 1. The van der Waals surface area contributed by atoms with Gasteiger partial charge in [-0.3, -0.25) is 19.7 Å². The minimum Gasteiger partial charge on any atom is -0.352 e. The first-order valence-electron chi connectivity index (χ1n) is 8.37. The fourth-order valence-corrected chi connectivity index (χ4v) is 3.06. The normalized spacial score (nSPS) is 11.0. The van der Waals surface area contributed by atoms with Crippen LogP contribution in [0.5, 0.6) is 0 Å². The summed E-state index contributed by atoms with van der Waals surface area (Å²) < 4.78 is 0. The molecule has 0 heterocycles. The zero-order valence-corrected chi connectivity index (χ0v) is 16.7. The van der Waals surface area contributed by atoms with Crippen molar-refractivity contribution >= 4 is 42.0 Å². The van der Waals surface area contributed by atoms with Gasteiger partial charge in [0, 0.05) is 40.2 Å². The molecule has 3 N–H and O–H groups in total. The van der Waals surface area contributed by atoms with Gasteiger partial charge in [-0.05, 0) is 55.1 Å². The summed E-state index contributed by atoms with van der Waals surface area (Å²) in [5, 5.41) is 8.85. The van der Waals surface area contributed by atoms with E-state index in [4.69, 9.17) is 16.7 Å². The van der Waals surface area contributed by atoms with E-state index in [2.05, 4.69) is 23.6 Å². The summed E-state index contributed by atoms with van der Waals surface area (Å²) in [6, 6.07) is 11.4. The molecule has 2 aromatic carbocycles. The molecule has 1 amide bonds. The van der Waals surface area contributed by atoms with Crippen molar-refractivity contribution in [1.82, 2.24) is 5.32 Å². The Morgan fingerprint density at radius 3 is 2.39 bits per heavy atom. The molecule has 0 bridgehead atoms. The van der Waals surface area contributed by atoms with Crippen LogP contribution in [-0.2, 0) is 0 Å². The number of rotatable bonds is 9. The molecule has 2 rings (SSSR count). The van der Waals surface area contributed by atoms with Crippen LogP contribution in [-0.4, -0.2) is 25.0 Å². The van der Waals surface area contributed by atoms with Gasteiger partial charge in [0.05, 0.1) is 5.02 Å². The molecule has 0 aliphatic carbocycles. The fraction of sp³-hybridized carbons (Fsp3) is 0.0952. The van der Waals surface area contributed by atoms with E-state index in [-0.39, 0.29) is 11.7 Å². The second-order valence-corrected chi connectivity index (χ2v) is 6.81. The zero-order chi connectivity index (χ0) is 20.5. The van der Waals surface area contributed by atoms with Crippen LogP contribution >= 0.6 is 23.5 Å². The van der Waals surface area contributed by atoms with Gasteiger partial charge >= 0.3 is 0 Å². The van der Waals surface area contributed by atoms with Crippen LogP contribution in [0.15, 0.2) is 76.8 Å². The van der Waals surface area contributed by atoms with Crippen molar-refractivity contribution in [2.75, 3.05) is 6.54 Å². The van der Waals surface area contributed by atoms with Crippen LogP contribution in [0.1, 0.15) is 32.7 Å². The minimum absolute atomic E-state index is 0.171. The maximum absolute atomic E-state index is 12.6. The van der Waals surface area contributed by atoms with E-state index in [9.17, 15) is 9.59 Å². The lowest BCUT2D eigenvalue weighted by atomic mass is 10.0. The predicted molar refractivity (Wildman–Crippen MR) is 116 cm³/mol. The largest absolute Gasteiger partial charge is 0.352 e. The monoisotopic (exact) mass is 413 g/mol. The number of ketones is 1. The SMILES string of the molecule is C=C/C=C(/CCNC(=O)c1ccc(C(=O)c2ccc(Cl)c(SN)c2)cc1)N=C. The molecule has 5 nitrogen and oxygen atoms in total. The number of allylic oxidation sites excluding steroid dienone is 2. The first-order chi connectivity index (χ1) is 13.5. The van der Waals surface area contributed by atoms with E-state index in [0.29, 0.717) is 39.6 Å². The number of nitrogens with one attached hydrogen (secondary N) is 1. The Kier molecular flexibility index (Phi) is 8.19. The summed E-state index contributed by atoms with van der Waals surface area (Å²) >= 11 is 7.00. The average molecular weight is 414 g/mol. The Balaban J connectivity index is 2.03. The highest BCUT2D eigenvalue weighted by molar-refractivity contribution is 7.97. The topological polar surface area (TPSA) is 84.5 Å². The smallest absolute Gasteiger partial charge is 0.251 e. The van der Waals surface area contributed by atoms with Crippen molar-refractivity contribution in [2.24, 2.45) is 10.1 Å². The minimum atomic E-state index is -0.227. The van der Waals surface area contributed by atoms with E-state index in [1.54, 1.807) is 54.6 Å². The zero-order valence-electron chi connectivity index (χ0n) is 15.2. The number of nitrogens with two attached hydrogens (primary N) is 1. The van der Waals surface area contributed by atoms with Crippen LogP contribution in [0.25, 0.3) is 0 Å². The van der Waals surface area contributed by atoms with Crippen molar-refractivity contribution in [3.63, 3.8) is 0 Å². The third-order valence-corrected chi connectivity index (χ3v) is 4.94. The Hall–Kier alpha value is -2.67. The molecule has 0 unspecified atom stereocenters. The number of hydrogen-bond donors (Lipinski definition) is 2. The second-order valence-electron chi connectivity index (χ2n) is 5.73. The lowest BCUT2D eigenvalue weighted by Crippen LogP contribution is -2.24. The maximum atomic E-state index is 12.6. The second kappa shape index (κ2) is 10.6. The molecule has 0 radical (unpaired) electrons. The number of halogens is 1. The lowest BCUT2D eigenvalue weighted by molar-refractivity contribution is 0.0952. The van der Waals surface area contributed by atoms with Gasteiger partial charge in [-0.2, -0.15) is 0 Å². The van der Waals surface area contributed by atoms with Gasteiger partial charge in [0.15, 0.2) is 5.78 Å². The van der Waals surface area contributed by atoms with Gasteiger partial charge in [0.1, 0.15) is 0 Å².